The molecule has 0 saturated heterocycles. The molecule has 96 valence electrons. The van der Waals surface area contributed by atoms with Crippen molar-refractivity contribution in [1.82, 2.24) is 0 Å². The molecule has 0 radical (unpaired) electrons. The van der Waals surface area contributed by atoms with Crippen molar-refractivity contribution in [2.24, 2.45) is 0 Å². The Morgan fingerprint density at radius 2 is 1.74 bits per heavy atom. The lowest BCUT2D eigenvalue weighted by Crippen LogP contribution is -2.01. The minimum Gasteiger partial charge on any atom is -0.379 e. The molecule has 0 saturated carbocycles. The number of nitrogens with zero attached hydrogens (tertiary/aromatic N) is 1. The lowest BCUT2D eigenvalue weighted by molar-refractivity contribution is 1.14. The summed E-state index contributed by atoms with van der Waals surface area (Å²) in [5, 5.41) is 12.2. The van der Waals surface area contributed by atoms with E-state index in [2.05, 4.69) is 59.2 Å². The SMILES string of the molecule is N#Cc1cccc(CNc2c(Br)cc(Br)cc2Br)c1. The minimum atomic E-state index is 0.661. The second kappa shape index (κ2) is 6.56. The molecule has 0 fully saturated rings. The van der Waals surface area contributed by atoms with Gasteiger partial charge in [0.05, 0.1) is 17.3 Å². The number of hydrogen-bond donors (Lipinski definition) is 1. The zero-order chi connectivity index (χ0) is 13.8. The fraction of sp³-hybridized carbons (Fsp3) is 0.0714. The van der Waals surface area contributed by atoms with Crippen molar-refractivity contribution < 1.29 is 0 Å². The van der Waals surface area contributed by atoms with E-state index < -0.39 is 0 Å². The van der Waals surface area contributed by atoms with Gasteiger partial charge in [-0.1, -0.05) is 28.1 Å². The summed E-state index contributed by atoms with van der Waals surface area (Å²) >= 11 is 10.5. The largest absolute Gasteiger partial charge is 0.379 e. The van der Waals surface area contributed by atoms with E-state index in [1.807, 2.05) is 30.3 Å². The van der Waals surface area contributed by atoms with Crippen LogP contribution in [0.3, 0.4) is 0 Å². The average molecular weight is 445 g/mol. The average Bonchev–Trinajstić information content (AvgIpc) is 2.37. The van der Waals surface area contributed by atoms with Crippen molar-refractivity contribution in [3.63, 3.8) is 0 Å². The van der Waals surface area contributed by atoms with E-state index in [0.29, 0.717) is 12.1 Å². The van der Waals surface area contributed by atoms with Crippen LogP contribution >= 0.6 is 47.8 Å². The van der Waals surface area contributed by atoms with Gasteiger partial charge in [-0.05, 0) is 61.7 Å². The molecule has 2 rings (SSSR count). The molecule has 0 heterocycles. The predicted octanol–water partition coefficient (Wildman–Crippen LogP) is 5.46. The number of nitrogens with one attached hydrogen (secondary N) is 1. The van der Waals surface area contributed by atoms with Gasteiger partial charge < -0.3 is 5.32 Å². The number of benzene rings is 2. The summed E-state index contributed by atoms with van der Waals surface area (Å²) in [6, 6.07) is 13.7. The van der Waals surface area contributed by atoms with Crippen LogP contribution in [0.5, 0.6) is 0 Å². The van der Waals surface area contributed by atoms with Gasteiger partial charge in [-0.3, -0.25) is 0 Å². The predicted molar refractivity (Wildman–Crippen MR) is 88.0 cm³/mol. The Labute approximate surface area is 137 Å². The van der Waals surface area contributed by atoms with Gasteiger partial charge in [0.15, 0.2) is 0 Å². The lowest BCUT2D eigenvalue weighted by Gasteiger charge is -2.11. The van der Waals surface area contributed by atoms with E-state index in [4.69, 9.17) is 5.26 Å². The molecule has 0 aliphatic carbocycles. The van der Waals surface area contributed by atoms with Gasteiger partial charge in [0.25, 0.3) is 0 Å². The van der Waals surface area contributed by atoms with E-state index in [9.17, 15) is 0 Å². The first kappa shape index (κ1) is 14.6. The van der Waals surface area contributed by atoms with Gasteiger partial charge in [0.1, 0.15) is 0 Å². The molecule has 0 atom stereocenters. The highest BCUT2D eigenvalue weighted by molar-refractivity contribution is 9.11. The first-order valence-corrected chi connectivity index (χ1v) is 7.85. The molecule has 2 aromatic carbocycles. The third-order valence-electron chi connectivity index (χ3n) is 2.53. The molecule has 0 aromatic heterocycles. The van der Waals surface area contributed by atoms with Crippen molar-refractivity contribution >= 4 is 53.5 Å². The monoisotopic (exact) mass is 442 g/mol. The van der Waals surface area contributed by atoms with Gasteiger partial charge in [0, 0.05) is 20.0 Å². The number of nitriles is 1. The smallest absolute Gasteiger partial charge is 0.0991 e. The Kier molecular flexibility index (Phi) is 5.03. The zero-order valence-corrected chi connectivity index (χ0v) is 14.5. The summed E-state index contributed by atoms with van der Waals surface area (Å²) < 4.78 is 2.96. The molecular weight excluding hydrogens is 436 g/mol. The third-order valence-corrected chi connectivity index (χ3v) is 4.24. The van der Waals surface area contributed by atoms with Crippen LogP contribution in [-0.2, 0) is 6.54 Å². The summed E-state index contributed by atoms with van der Waals surface area (Å²) in [5.41, 5.74) is 2.74. The lowest BCUT2D eigenvalue weighted by atomic mass is 10.1. The summed E-state index contributed by atoms with van der Waals surface area (Å²) in [5.74, 6) is 0. The fourth-order valence-electron chi connectivity index (χ4n) is 1.65. The van der Waals surface area contributed by atoms with E-state index in [0.717, 1.165) is 24.7 Å². The maximum absolute atomic E-state index is 8.88. The third kappa shape index (κ3) is 3.82. The number of hydrogen-bond acceptors (Lipinski definition) is 2. The maximum atomic E-state index is 8.88. The topological polar surface area (TPSA) is 35.8 Å². The van der Waals surface area contributed by atoms with E-state index in [1.165, 1.54) is 0 Å². The summed E-state index contributed by atoms with van der Waals surface area (Å²) in [6.45, 7) is 0.661. The van der Waals surface area contributed by atoms with Crippen LogP contribution in [0.1, 0.15) is 11.1 Å². The minimum absolute atomic E-state index is 0.661. The molecule has 1 N–H and O–H groups in total. The van der Waals surface area contributed by atoms with Crippen LogP contribution in [0.4, 0.5) is 5.69 Å². The number of rotatable bonds is 3. The molecule has 2 nitrogen and oxygen atoms in total. The highest BCUT2D eigenvalue weighted by atomic mass is 79.9. The van der Waals surface area contributed by atoms with Crippen LogP contribution in [0.15, 0.2) is 49.8 Å². The molecule has 0 amide bonds. The standard InChI is InChI=1S/C14H9Br3N2/c15-11-5-12(16)14(13(17)6-11)19-8-10-3-1-2-9(4-10)7-18/h1-6,19H,8H2. The van der Waals surface area contributed by atoms with Crippen LogP contribution in [-0.4, -0.2) is 0 Å². The van der Waals surface area contributed by atoms with Gasteiger partial charge in [0.2, 0.25) is 0 Å². The Balaban J connectivity index is 2.17. The molecule has 0 spiro atoms. The summed E-state index contributed by atoms with van der Waals surface area (Å²) in [7, 11) is 0. The normalized spacial score (nSPS) is 10.0. The van der Waals surface area contributed by atoms with Crippen molar-refractivity contribution in [2.75, 3.05) is 5.32 Å². The molecule has 0 unspecified atom stereocenters. The Morgan fingerprint density at radius 3 is 2.37 bits per heavy atom. The van der Waals surface area contributed by atoms with Crippen molar-refractivity contribution in [3.05, 3.63) is 60.9 Å². The summed E-state index contributed by atoms with van der Waals surface area (Å²) in [4.78, 5) is 0. The van der Waals surface area contributed by atoms with E-state index >= 15 is 0 Å². The zero-order valence-electron chi connectivity index (χ0n) is 9.75. The Hall–Kier alpha value is -0.830. The maximum Gasteiger partial charge on any atom is 0.0991 e. The van der Waals surface area contributed by atoms with Crippen molar-refractivity contribution in [3.8, 4) is 6.07 Å². The van der Waals surface area contributed by atoms with Crippen LogP contribution in [0, 0.1) is 11.3 Å². The number of halogens is 3. The second-order valence-electron chi connectivity index (χ2n) is 3.91. The van der Waals surface area contributed by atoms with Gasteiger partial charge in [-0.2, -0.15) is 5.26 Å². The van der Waals surface area contributed by atoms with Crippen LogP contribution in [0.2, 0.25) is 0 Å². The molecule has 0 bridgehead atoms. The first-order valence-electron chi connectivity index (χ1n) is 5.47. The Bertz CT molecular complexity index is 624. The van der Waals surface area contributed by atoms with Crippen molar-refractivity contribution in [2.45, 2.75) is 6.54 Å². The Morgan fingerprint density at radius 1 is 1.05 bits per heavy atom. The van der Waals surface area contributed by atoms with E-state index in [-0.39, 0.29) is 0 Å². The highest BCUT2D eigenvalue weighted by Gasteiger charge is 2.06. The molecule has 5 heteroatoms. The first-order chi connectivity index (χ1) is 9.10. The molecular formula is C14H9Br3N2. The summed E-state index contributed by atoms with van der Waals surface area (Å²) in [6.07, 6.45) is 0. The van der Waals surface area contributed by atoms with Crippen LogP contribution < -0.4 is 5.32 Å². The van der Waals surface area contributed by atoms with Gasteiger partial charge in [-0.15, -0.1) is 0 Å². The van der Waals surface area contributed by atoms with E-state index in [1.54, 1.807) is 6.07 Å². The van der Waals surface area contributed by atoms with Gasteiger partial charge >= 0.3 is 0 Å². The highest BCUT2D eigenvalue weighted by Crippen LogP contribution is 2.34. The number of anilines is 1. The fourth-order valence-corrected chi connectivity index (χ4v) is 4.19. The molecule has 2 aromatic rings. The van der Waals surface area contributed by atoms with Gasteiger partial charge in [-0.25, -0.2) is 0 Å². The second-order valence-corrected chi connectivity index (χ2v) is 6.53. The van der Waals surface area contributed by atoms with Crippen LogP contribution in [0.25, 0.3) is 0 Å². The quantitative estimate of drug-likeness (QED) is 0.682. The molecule has 19 heavy (non-hydrogen) atoms. The van der Waals surface area contributed by atoms with Crippen molar-refractivity contribution in [1.29, 1.82) is 5.26 Å². The molecule has 0 aliphatic rings. The molecule has 0 aliphatic heterocycles.